The van der Waals surface area contributed by atoms with Crippen molar-refractivity contribution in [1.82, 2.24) is 4.57 Å². The minimum atomic E-state index is -0.748. The fraction of sp³-hybridized carbons (Fsp3) is 0.227. The van der Waals surface area contributed by atoms with Crippen LogP contribution in [-0.2, 0) is 9.53 Å². The van der Waals surface area contributed by atoms with Crippen molar-refractivity contribution in [3.63, 3.8) is 0 Å². The Hall–Kier alpha value is -2.42. The smallest absolute Gasteiger partial charge is 0.338 e. The highest BCUT2D eigenvalue weighted by molar-refractivity contribution is 9.10. The largest absolute Gasteiger partial charge is 0.459 e. The lowest BCUT2D eigenvalue weighted by molar-refractivity contribution is -0.143. The number of furan rings is 1. The molecule has 0 saturated carbocycles. The van der Waals surface area contributed by atoms with E-state index in [-0.39, 0.29) is 11.7 Å². The number of hydrogen-bond acceptors (Lipinski definition) is 6. The molecule has 9 heteroatoms. The molecular weight excluding hydrogens is 504 g/mol. The normalized spacial score (nSPS) is 16.5. The summed E-state index contributed by atoms with van der Waals surface area (Å²) in [5.41, 5.74) is 1.12. The highest BCUT2D eigenvalue weighted by atomic mass is 79.9. The van der Waals surface area contributed by atoms with Gasteiger partial charge in [0, 0.05) is 11.1 Å². The van der Waals surface area contributed by atoms with E-state index in [1.807, 2.05) is 6.07 Å². The number of allylic oxidation sites excluding steroid dienone is 1. The van der Waals surface area contributed by atoms with Crippen molar-refractivity contribution >= 4 is 50.9 Å². The molecule has 1 aliphatic rings. The molecule has 4 rings (SSSR count). The molecule has 0 aliphatic carbocycles. The second kappa shape index (κ2) is 8.61. The summed E-state index contributed by atoms with van der Waals surface area (Å²) < 4.78 is 13.5. The number of rotatable bonds is 4. The summed E-state index contributed by atoms with van der Waals surface area (Å²) in [7, 11) is 0. The predicted octanol–water partition coefficient (Wildman–Crippen LogP) is 4.20. The number of aromatic nitrogens is 1. The van der Waals surface area contributed by atoms with Gasteiger partial charge in [0.1, 0.15) is 11.8 Å². The van der Waals surface area contributed by atoms with Gasteiger partial charge in [0.05, 0.1) is 21.9 Å². The molecule has 1 aromatic carbocycles. The second-order valence-corrected chi connectivity index (χ2v) is 9.40. The zero-order valence-electron chi connectivity index (χ0n) is 16.9. The zero-order chi connectivity index (χ0) is 22.3. The van der Waals surface area contributed by atoms with Crippen molar-refractivity contribution < 1.29 is 13.9 Å². The maximum Gasteiger partial charge on any atom is 0.338 e. The lowest BCUT2D eigenvalue weighted by Gasteiger charge is -2.26. The van der Waals surface area contributed by atoms with Gasteiger partial charge in [-0.25, -0.2) is 9.79 Å². The second-order valence-electron chi connectivity index (χ2n) is 7.20. The van der Waals surface area contributed by atoms with E-state index in [9.17, 15) is 9.59 Å². The van der Waals surface area contributed by atoms with Crippen molar-refractivity contribution in [2.75, 3.05) is 0 Å². The molecule has 0 saturated heterocycles. The van der Waals surface area contributed by atoms with Crippen molar-refractivity contribution in [2.45, 2.75) is 32.9 Å². The molecule has 1 unspecified atom stereocenters. The first-order valence-corrected chi connectivity index (χ1v) is 11.5. The number of carbonyl (C=O) groups is 1. The molecule has 31 heavy (non-hydrogen) atoms. The molecule has 0 N–H and O–H groups in total. The number of carbonyl (C=O) groups excluding carboxylic acids is 1. The van der Waals surface area contributed by atoms with Crippen LogP contribution in [0.5, 0.6) is 0 Å². The molecule has 0 amide bonds. The standard InChI is InChI=1S/C22H18BrClN2O4S/c1-11(2)29-21(28)18-12(3)25-22-26(19(18)14-6-4-5-7-15(14)24)20(27)16(31-22)10-13-8-9-17(23)30-13/h4-11,19H,1-3H3. The SMILES string of the molecule is CC1=C(C(=O)OC(C)C)C(c2ccccc2Cl)n2c(sc(=Cc3ccc(Br)o3)c2=O)=N1. The van der Waals surface area contributed by atoms with Crippen LogP contribution in [0, 0.1) is 0 Å². The number of esters is 1. The average molecular weight is 522 g/mol. The molecule has 3 aromatic rings. The van der Waals surface area contributed by atoms with Gasteiger partial charge in [-0.3, -0.25) is 9.36 Å². The summed E-state index contributed by atoms with van der Waals surface area (Å²) in [6.07, 6.45) is 1.34. The zero-order valence-corrected chi connectivity index (χ0v) is 20.0. The van der Waals surface area contributed by atoms with Crippen LogP contribution in [0.1, 0.15) is 38.1 Å². The summed E-state index contributed by atoms with van der Waals surface area (Å²) in [5.74, 6) is 0.00648. The van der Waals surface area contributed by atoms with Crippen LogP contribution >= 0.6 is 38.9 Å². The van der Waals surface area contributed by atoms with E-state index >= 15 is 0 Å². The summed E-state index contributed by atoms with van der Waals surface area (Å²) in [5, 5.41) is 0.446. The van der Waals surface area contributed by atoms with Crippen LogP contribution in [0.25, 0.3) is 6.08 Å². The Labute approximate surface area is 195 Å². The molecule has 0 bridgehead atoms. The maximum atomic E-state index is 13.4. The minimum Gasteiger partial charge on any atom is -0.459 e. The molecule has 6 nitrogen and oxygen atoms in total. The van der Waals surface area contributed by atoms with E-state index < -0.39 is 12.0 Å². The number of hydrogen-bond donors (Lipinski definition) is 0. The molecule has 0 radical (unpaired) electrons. The maximum absolute atomic E-state index is 13.4. The van der Waals surface area contributed by atoms with Gasteiger partial charge in [0.15, 0.2) is 9.47 Å². The molecule has 0 fully saturated rings. The Morgan fingerprint density at radius 1 is 1.32 bits per heavy atom. The molecule has 2 aromatic heterocycles. The lowest BCUT2D eigenvalue weighted by Crippen LogP contribution is -2.40. The Balaban J connectivity index is 1.98. The van der Waals surface area contributed by atoms with E-state index in [2.05, 4.69) is 20.9 Å². The number of halogens is 2. The molecule has 1 aliphatic heterocycles. The number of thiazole rings is 1. The first-order chi connectivity index (χ1) is 14.8. The van der Waals surface area contributed by atoms with Crippen molar-refractivity contribution in [1.29, 1.82) is 0 Å². The summed E-state index contributed by atoms with van der Waals surface area (Å²) in [6.45, 7) is 5.28. The van der Waals surface area contributed by atoms with Crippen LogP contribution in [-0.4, -0.2) is 16.6 Å². The highest BCUT2D eigenvalue weighted by Crippen LogP contribution is 2.34. The number of ether oxygens (including phenoxy) is 1. The topological polar surface area (TPSA) is 73.8 Å². The number of benzene rings is 1. The van der Waals surface area contributed by atoms with Crippen molar-refractivity contribution in [2.24, 2.45) is 4.99 Å². The van der Waals surface area contributed by atoms with E-state index in [1.54, 1.807) is 57.2 Å². The minimum absolute atomic E-state index is 0.288. The third-order valence-corrected chi connectivity index (χ3v) is 6.40. The Bertz CT molecular complexity index is 1380. The van der Waals surface area contributed by atoms with Gasteiger partial charge in [-0.2, -0.15) is 0 Å². The van der Waals surface area contributed by atoms with Crippen LogP contribution in [0.4, 0.5) is 0 Å². The molecule has 1 atom stereocenters. The van der Waals surface area contributed by atoms with Crippen LogP contribution < -0.4 is 14.9 Å². The fourth-order valence-corrected chi connectivity index (χ4v) is 4.97. The first kappa shape index (κ1) is 21.8. The van der Waals surface area contributed by atoms with E-state index in [1.165, 1.54) is 15.9 Å². The van der Waals surface area contributed by atoms with Gasteiger partial charge < -0.3 is 9.15 Å². The first-order valence-electron chi connectivity index (χ1n) is 9.49. The van der Waals surface area contributed by atoms with Crippen molar-refractivity contribution in [3.05, 3.63) is 88.4 Å². The monoisotopic (exact) mass is 520 g/mol. The number of fused-ring (bicyclic) bond motifs is 1. The van der Waals surface area contributed by atoms with Gasteiger partial charge in [0.2, 0.25) is 0 Å². The Morgan fingerprint density at radius 2 is 2.06 bits per heavy atom. The van der Waals surface area contributed by atoms with Gasteiger partial charge in [0.25, 0.3) is 5.56 Å². The Kier molecular flexibility index (Phi) is 6.05. The van der Waals surface area contributed by atoms with E-state index in [0.717, 1.165) is 0 Å². The van der Waals surface area contributed by atoms with Gasteiger partial charge >= 0.3 is 5.97 Å². The third-order valence-electron chi connectivity index (χ3n) is 4.65. The summed E-state index contributed by atoms with van der Waals surface area (Å²) >= 11 is 11.0. The summed E-state index contributed by atoms with van der Waals surface area (Å²) in [4.78, 5) is 31.5. The average Bonchev–Trinajstić information content (AvgIpc) is 3.23. The quantitative estimate of drug-likeness (QED) is 0.483. The highest BCUT2D eigenvalue weighted by Gasteiger charge is 2.34. The number of nitrogens with zero attached hydrogens (tertiary/aromatic N) is 2. The third kappa shape index (κ3) is 4.20. The van der Waals surface area contributed by atoms with E-state index in [4.69, 9.17) is 20.8 Å². The molecule has 0 spiro atoms. The lowest BCUT2D eigenvalue weighted by atomic mass is 9.96. The van der Waals surface area contributed by atoms with Crippen LogP contribution in [0.2, 0.25) is 5.02 Å². The van der Waals surface area contributed by atoms with Gasteiger partial charge in [-0.15, -0.1) is 0 Å². The van der Waals surface area contributed by atoms with Crippen LogP contribution in [0.15, 0.2) is 66.5 Å². The molecule has 160 valence electrons. The van der Waals surface area contributed by atoms with Crippen molar-refractivity contribution in [3.8, 4) is 0 Å². The van der Waals surface area contributed by atoms with Gasteiger partial charge in [-0.1, -0.05) is 41.1 Å². The molecular formula is C22H18BrClN2O4S. The van der Waals surface area contributed by atoms with Gasteiger partial charge in [-0.05, 0) is 60.5 Å². The van der Waals surface area contributed by atoms with E-state index in [0.29, 0.717) is 41.6 Å². The Morgan fingerprint density at radius 3 is 2.71 bits per heavy atom. The fourth-order valence-electron chi connectivity index (χ4n) is 3.39. The van der Waals surface area contributed by atoms with Crippen LogP contribution in [0.3, 0.4) is 0 Å². The predicted molar refractivity (Wildman–Crippen MR) is 123 cm³/mol. The molecule has 3 heterocycles. The summed E-state index contributed by atoms with van der Waals surface area (Å²) in [6, 6.07) is 9.90.